The van der Waals surface area contributed by atoms with E-state index in [-0.39, 0.29) is 0 Å². The molecule has 0 saturated heterocycles. The van der Waals surface area contributed by atoms with Crippen molar-refractivity contribution in [1.29, 1.82) is 0 Å². The van der Waals surface area contributed by atoms with E-state index >= 15 is 0 Å². The average molecular weight is 287 g/mol. The molecule has 2 aromatic heterocycles. The van der Waals surface area contributed by atoms with E-state index in [1.54, 1.807) is 22.7 Å². The average Bonchev–Trinajstić information content (AvgIpc) is 2.71. The number of aldehydes is 1. The van der Waals surface area contributed by atoms with E-state index in [2.05, 4.69) is 22.0 Å². The second-order valence-electron chi connectivity index (χ2n) is 2.86. The van der Waals surface area contributed by atoms with Gasteiger partial charge in [0.2, 0.25) is 0 Å². The highest BCUT2D eigenvalue weighted by Crippen LogP contribution is 2.36. The van der Waals surface area contributed by atoms with Crippen LogP contribution in [0.4, 0.5) is 0 Å². The Morgan fingerprint density at radius 1 is 1.36 bits per heavy atom. The largest absolute Gasteiger partial charge is 0.297 e. The second-order valence-corrected chi connectivity index (χ2v) is 6.61. The third-order valence-electron chi connectivity index (χ3n) is 1.83. The standard InChI is InChI=1S/C10H7BrOS2/c1-6-4-7(9(5-12)13-6)8-2-3-10(11)14-8/h2-5H,1H3. The van der Waals surface area contributed by atoms with Crippen molar-refractivity contribution < 1.29 is 4.79 Å². The van der Waals surface area contributed by atoms with Crippen LogP contribution < -0.4 is 0 Å². The van der Waals surface area contributed by atoms with E-state index in [0.717, 1.165) is 25.4 Å². The summed E-state index contributed by atoms with van der Waals surface area (Å²) in [5.41, 5.74) is 1.05. The Labute approximate surface area is 98.5 Å². The smallest absolute Gasteiger partial charge is 0.160 e. The Morgan fingerprint density at radius 3 is 2.71 bits per heavy atom. The molecule has 4 heteroatoms. The van der Waals surface area contributed by atoms with Crippen molar-refractivity contribution in [2.45, 2.75) is 6.92 Å². The molecule has 0 amide bonds. The highest BCUT2D eigenvalue weighted by atomic mass is 79.9. The van der Waals surface area contributed by atoms with Crippen molar-refractivity contribution in [3.63, 3.8) is 0 Å². The molecule has 72 valence electrons. The molecule has 0 aromatic carbocycles. The molecule has 1 nitrogen and oxygen atoms in total. The summed E-state index contributed by atoms with van der Waals surface area (Å²) in [7, 11) is 0. The molecule has 0 bridgehead atoms. The highest BCUT2D eigenvalue weighted by Gasteiger charge is 2.09. The molecule has 2 aromatic rings. The molecule has 0 aliphatic rings. The molecule has 0 aliphatic carbocycles. The highest BCUT2D eigenvalue weighted by molar-refractivity contribution is 9.11. The van der Waals surface area contributed by atoms with Crippen LogP contribution in [0.5, 0.6) is 0 Å². The predicted octanol–water partition coefficient (Wildman–Crippen LogP) is 4.36. The summed E-state index contributed by atoms with van der Waals surface area (Å²) in [6.45, 7) is 2.02. The summed E-state index contributed by atoms with van der Waals surface area (Å²) in [5, 5.41) is 0. The zero-order valence-electron chi connectivity index (χ0n) is 7.41. The Kier molecular flexibility index (Phi) is 2.85. The number of aryl methyl sites for hydroxylation is 1. The molecule has 0 radical (unpaired) electrons. The summed E-state index contributed by atoms with van der Waals surface area (Å²) < 4.78 is 1.09. The second kappa shape index (κ2) is 3.96. The van der Waals surface area contributed by atoms with Crippen LogP contribution in [0.1, 0.15) is 14.5 Å². The molecular formula is C10H7BrOS2. The summed E-state index contributed by atoms with van der Waals surface area (Å²) >= 11 is 6.61. The van der Waals surface area contributed by atoms with Gasteiger partial charge >= 0.3 is 0 Å². The molecular weight excluding hydrogens is 280 g/mol. The van der Waals surface area contributed by atoms with Crippen molar-refractivity contribution in [2.75, 3.05) is 0 Å². The minimum Gasteiger partial charge on any atom is -0.297 e. The van der Waals surface area contributed by atoms with Gasteiger partial charge in [-0.25, -0.2) is 0 Å². The van der Waals surface area contributed by atoms with E-state index in [0.29, 0.717) is 0 Å². The molecule has 0 aliphatic heterocycles. The lowest BCUT2D eigenvalue weighted by Crippen LogP contribution is -1.74. The van der Waals surface area contributed by atoms with Gasteiger partial charge in [0, 0.05) is 15.3 Å². The van der Waals surface area contributed by atoms with Gasteiger partial charge in [-0.2, -0.15) is 0 Å². The van der Waals surface area contributed by atoms with Crippen molar-refractivity contribution in [2.24, 2.45) is 0 Å². The number of carbonyl (C=O) groups is 1. The van der Waals surface area contributed by atoms with Crippen LogP contribution in [-0.2, 0) is 0 Å². The van der Waals surface area contributed by atoms with E-state index < -0.39 is 0 Å². The first-order chi connectivity index (χ1) is 6.70. The minimum atomic E-state index is 0.817. The number of hydrogen-bond donors (Lipinski definition) is 0. The Hall–Kier alpha value is -0.450. The summed E-state index contributed by atoms with van der Waals surface area (Å²) in [4.78, 5) is 14.0. The molecule has 0 saturated carbocycles. The molecule has 2 rings (SSSR count). The topological polar surface area (TPSA) is 17.1 Å². The van der Waals surface area contributed by atoms with Gasteiger partial charge in [0.25, 0.3) is 0 Å². The van der Waals surface area contributed by atoms with Crippen molar-refractivity contribution in [3.05, 3.63) is 31.7 Å². The summed E-state index contributed by atoms with van der Waals surface area (Å²) in [6, 6.07) is 6.09. The fourth-order valence-corrected chi connectivity index (χ4v) is 3.60. The zero-order valence-corrected chi connectivity index (χ0v) is 10.6. The monoisotopic (exact) mass is 286 g/mol. The van der Waals surface area contributed by atoms with Gasteiger partial charge in [-0.05, 0) is 41.1 Å². The normalized spacial score (nSPS) is 10.4. The van der Waals surface area contributed by atoms with E-state index in [1.807, 2.05) is 19.1 Å². The lowest BCUT2D eigenvalue weighted by atomic mass is 10.2. The minimum absolute atomic E-state index is 0.817. The maximum atomic E-state index is 10.8. The third kappa shape index (κ3) is 1.82. The SMILES string of the molecule is Cc1cc(-c2ccc(Br)s2)c(C=O)s1. The number of halogens is 1. The van der Waals surface area contributed by atoms with Crippen molar-refractivity contribution in [1.82, 2.24) is 0 Å². The van der Waals surface area contributed by atoms with Gasteiger partial charge in [-0.1, -0.05) is 0 Å². The Bertz CT molecular complexity index is 470. The molecule has 2 heterocycles. The van der Waals surface area contributed by atoms with Gasteiger partial charge in [0.15, 0.2) is 6.29 Å². The Morgan fingerprint density at radius 2 is 2.14 bits per heavy atom. The lowest BCUT2D eigenvalue weighted by Gasteiger charge is -1.91. The van der Waals surface area contributed by atoms with Crippen LogP contribution in [0.2, 0.25) is 0 Å². The number of thiophene rings is 2. The van der Waals surface area contributed by atoms with E-state index in [9.17, 15) is 4.79 Å². The fourth-order valence-electron chi connectivity index (χ4n) is 1.27. The van der Waals surface area contributed by atoms with Crippen LogP contribution in [0.25, 0.3) is 10.4 Å². The Balaban J connectivity index is 2.55. The van der Waals surface area contributed by atoms with Crippen LogP contribution >= 0.6 is 38.6 Å². The number of rotatable bonds is 2. The molecule has 0 unspecified atom stereocenters. The van der Waals surface area contributed by atoms with Gasteiger partial charge in [-0.15, -0.1) is 22.7 Å². The van der Waals surface area contributed by atoms with Gasteiger partial charge in [0.05, 0.1) is 8.66 Å². The van der Waals surface area contributed by atoms with Crippen LogP contribution in [0.3, 0.4) is 0 Å². The molecule has 14 heavy (non-hydrogen) atoms. The number of carbonyl (C=O) groups excluding carboxylic acids is 1. The quantitative estimate of drug-likeness (QED) is 0.750. The summed E-state index contributed by atoms with van der Waals surface area (Å²) in [5.74, 6) is 0. The molecule has 0 N–H and O–H groups in total. The van der Waals surface area contributed by atoms with Gasteiger partial charge in [-0.3, -0.25) is 4.79 Å². The lowest BCUT2D eigenvalue weighted by molar-refractivity contribution is 0.112. The van der Waals surface area contributed by atoms with Crippen molar-refractivity contribution in [3.8, 4) is 10.4 Å². The first kappa shape index (κ1) is 10.1. The molecule has 0 atom stereocenters. The van der Waals surface area contributed by atoms with Crippen molar-refractivity contribution >= 4 is 44.9 Å². The number of hydrogen-bond acceptors (Lipinski definition) is 3. The summed E-state index contributed by atoms with van der Waals surface area (Å²) in [6.07, 6.45) is 0.931. The zero-order chi connectivity index (χ0) is 10.1. The molecule has 0 spiro atoms. The fraction of sp³-hybridized carbons (Fsp3) is 0.100. The predicted molar refractivity (Wildman–Crippen MR) is 65.5 cm³/mol. The first-order valence-electron chi connectivity index (χ1n) is 4.02. The first-order valence-corrected chi connectivity index (χ1v) is 6.44. The maximum Gasteiger partial charge on any atom is 0.160 e. The third-order valence-corrected chi connectivity index (χ3v) is 4.46. The van der Waals surface area contributed by atoms with Crippen LogP contribution in [-0.4, -0.2) is 6.29 Å². The van der Waals surface area contributed by atoms with Crippen LogP contribution in [0, 0.1) is 6.92 Å². The maximum absolute atomic E-state index is 10.8. The molecule has 0 fully saturated rings. The van der Waals surface area contributed by atoms with Crippen LogP contribution in [0.15, 0.2) is 22.0 Å². The van der Waals surface area contributed by atoms with E-state index in [4.69, 9.17) is 0 Å². The van der Waals surface area contributed by atoms with Gasteiger partial charge in [0.1, 0.15) is 0 Å². The van der Waals surface area contributed by atoms with Gasteiger partial charge < -0.3 is 0 Å². The van der Waals surface area contributed by atoms with E-state index in [1.165, 1.54) is 4.88 Å².